The molecule has 1 aromatic heterocycles. The highest BCUT2D eigenvalue weighted by Gasteiger charge is 2.29. The molecular weight excluding hydrogens is 486 g/mol. The van der Waals surface area contributed by atoms with Gasteiger partial charge >= 0.3 is 0 Å². The Labute approximate surface area is 220 Å². The summed E-state index contributed by atoms with van der Waals surface area (Å²) in [6.45, 7) is 4.14. The van der Waals surface area contributed by atoms with Gasteiger partial charge in [0.05, 0.1) is 23.5 Å². The van der Waals surface area contributed by atoms with Crippen molar-refractivity contribution in [1.29, 1.82) is 10.7 Å². The Morgan fingerprint density at radius 2 is 2.00 bits per heavy atom. The molecule has 2 aromatic carbocycles. The summed E-state index contributed by atoms with van der Waals surface area (Å²) in [6, 6.07) is 10.7. The zero-order chi connectivity index (χ0) is 26.5. The lowest BCUT2D eigenvalue weighted by Crippen LogP contribution is -2.29. The van der Waals surface area contributed by atoms with Gasteiger partial charge in [-0.25, -0.2) is 13.8 Å². The van der Waals surface area contributed by atoms with Crippen LogP contribution >= 0.6 is 0 Å². The minimum atomic E-state index is -0.485. The lowest BCUT2D eigenvalue weighted by molar-refractivity contribution is 0.237. The van der Waals surface area contributed by atoms with Crippen LogP contribution in [0.15, 0.2) is 48.7 Å². The summed E-state index contributed by atoms with van der Waals surface area (Å²) in [5, 5.41) is 18.0. The number of halogens is 2. The van der Waals surface area contributed by atoms with Crippen molar-refractivity contribution in [2.24, 2.45) is 0 Å². The number of H-pyrrole nitrogens is 1. The van der Waals surface area contributed by atoms with Gasteiger partial charge in [-0.3, -0.25) is 10.3 Å². The molecule has 2 saturated heterocycles. The van der Waals surface area contributed by atoms with Crippen molar-refractivity contribution in [3.05, 3.63) is 77.3 Å². The SMILES string of the molecule is N#Cc1ccc(-c2cnc(/C=C\C(=N)N3CCCC3c3cc(F)ccc3F)[nH]2)cc1OCCN1CCCC1. The molecule has 2 aliphatic rings. The number of rotatable bonds is 8. The number of aromatic nitrogens is 2. The maximum atomic E-state index is 14.4. The summed E-state index contributed by atoms with van der Waals surface area (Å²) >= 11 is 0. The predicted octanol–water partition coefficient (Wildman–Crippen LogP) is 5.53. The first-order chi connectivity index (χ1) is 18.5. The molecule has 0 radical (unpaired) electrons. The van der Waals surface area contributed by atoms with Crippen LogP contribution in [0.3, 0.4) is 0 Å². The number of hydrogen-bond donors (Lipinski definition) is 2. The number of benzene rings is 2. The van der Waals surface area contributed by atoms with Gasteiger partial charge in [-0.2, -0.15) is 5.26 Å². The molecule has 7 nitrogen and oxygen atoms in total. The van der Waals surface area contributed by atoms with Crippen LogP contribution in [-0.2, 0) is 0 Å². The zero-order valence-electron chi connectivity index (χ0n) is 21.1. The van der Waals surface area contributed by atoms with Crippen LogP contribution in [0, 0.1) is 28.4 Å². The molecule has 0 bridgehead atoms. The lowest BCUT2D eigenvalue weighted by atomic mass is 10.0. The fraction of sp³-hybridized carbons (Fsp3) is 0.345. The second-order valence-electron chi connectivity index (χ2n) is 9.64. The van der Waals surface area contributed by atoms with Crippen molar-refractivity contribution >= 4 is 11.9 Å². The normalized spacial score (nSPS) is 17.8. The molecule has 38 heavy (non-hydrogen) atoms. The van der Waals surface area contributed by atoms with E-state index in [1.54, 1.807) is 29.3 Å². The number of nitrogens with one attached hydrogen (secondary N) is 2. The molecule has 2 N–H and O–H groups in total. The summed E-state index contributed by atoms with van der Waals surface area (Å²) in [4.78, 5) is 11.8. The van der Waals surface area contributed by atoms with E-state index >= 15 is 0 Å². The molecule has 3 aromatic rings. The first kappa shape index (κ1) is 25.6. The van der Waals surface area contributed by atoms with Crippen LogP contribution in [0.2, 0.25) is 0 Å². The van der Waals surface area contributed by atoms with Crippen LogP contribution < -0.4 is 4.74 Å². The molecular formula is C29H30F2N6O. The van der Waals surface area contributed by atoms with E-state index in [1.165, 1.54) is 18.9 Å². The number of likely N-dealkylation sites (tertiary alicyclic amines) is 2. The van der Waals surface area contributed by atoms with Gasteiger partial charge < -0.3 is 14.6 Å². The number of aromatic amines is 1. The number of amidine groups is 1. The second kappa shape index (κ2) is 11.6. The Bertz CT molecular complexity index is 1370. The van der Waals surface area contributed by atoms with Crippen LogP contribution in [0.4, 0.5) is 8.78 Å². The van der Waals surface area contributed by atoms with Crippen LogP contribution in [0.5, 0.6) is 5.75 Å². The van der Waals surface area contributed by atoms with Crippen molar-refractivity contribution in [2.45, 2.75) is 31.7 Å². The third-order valence-electron chi connectivity index (χ3n) is 7.15. The summed E-state index contributed by atoms with van der Waals surface area (Å²) in [5.74, 6) is 0.362. The summed E-state index contributed by atoms with van der Waals surface area (Å²) in [7, 11) is 0. The highest BCUT2D eigenvalue weighted by Crippen LogP contribution is 2.34. The fourth-order valence-corrected chi connectivity index (χ4v) is 5.16. The molecule has 1 unspecified atom stereocenters. The van der Waals surface area contributed by atoms with Gasteiger partial charge in [-0.15, -0.1) is 0 Å². The average Bonchev–Trinajstić information content (AvgIpc) is 3.71. The van der Waals surface area contributed by atoms with E-state index in [-0.39, 0.29) is 17.4 Å². The molecule has 0 saturated carbocycles. The van der Waals surface area contributed by atoms with Crippen LogP contribution in [0.1, 0.15) is 48.7 Å². The summed E-state index contributed by atoms with van der Waals surface area (Å²) in [6.07, 6.45) is 8.90. The topological polar surface area (TPSA) is 92.0 Å². The fourth-order valence-electron chi connectivity index (χ4n) is 5.16. The van der Waals surface area contributed by atoms with E-state index in [0.29, 0.717) is 36.7 Å². The van der Waals surface area contributed by atoms with E-state index in [9.17, 15) is 14.0 Å². The molecule has 0 spiro atoms. The summed E-state index contributed by atoms with van der Waals surface area (Å²) in [5.41, 5.74) is 2.35. The Kier molecular flexibility index (Phi) is 7.80. The first-order valence-electron chi connectivity index (χ1n) is 12.9. The van der Waals surface area contributed by atoms with Gasteiger partial charge in [0, 0.05) is 24.2 Å². The van der Waals surface area contributed by atoms with Gasteiger partial charge in [0.25, 0.3) is 0 Å². The van der Waals surface area contributed by atoms with Crippen molar-refractivity contribution in [3.63, 3.8) is 0 Å². The number of ether oxygens (including phenoxy) is 1. The van der Waals surface area contributed by atoms with Crippen molar-refractivity contribution in [3.8, 4) is 23.1 Å². The van der Waals surface area contributed by atoms with Crippen molar-refractivity contribution < 1.29 is 13.5 Å². The highest BCUT2D eigenvalue weighted by atomic mass is 19.1. The van der Waals surface area contributed by atoms with Crippen molar-refractivity contribution in [2.75, 3.05) is 32.8 Å². The molecule has 2 aliphatic heterocycles. The van der Waals surface area contributed by atoms with Gasteiger partial charge in [-0.1, -0.05) is 6.07 Å². The molecule has 9 heteroatoms. The van der Waals surface area contributed by atoms with E-state index < -0.39 is 11.6 Å². The average molecular weight is 517 g/mol. The molecule has 196 valence electrons. The number of nitriles is 1. The number of hydrogen-bond acceptors (Lipinski definition) is 5. The molecule has 1 atom stereocenters. The van der Waals surface area contributed by atoms with E-state index in [2.05, 4.69) is 20.9 Å². The quantitative estimate of drug-likeness (QED) is 0.304. The Hall–Kier alpha value is -4.03. The zero-order valence-corrected chi connectivity index (χ0v) is 21.1. The largest absolute Gasteiger partial charge is 0.491 e. The second-order valence-corrected chi connectivity index (χ2v) is 9.64. The third-order valence-corrected chi connectivity index (χ3v) is 7.15. The minimum absolute atomic E-state index is 0.209. The van der Waals surface area contributed by atoms with Crippen LogP contribution in [-0.4, -0.2) is 58.4 Å². The van der Waals surface area contributed by atoms with Gasteiger partial charge in [0.1, 0.15) is 41.7 Å². The standard InChI is InChI=1S/C29H30F2N6O/c30-22-7-8-24(31)23(17-22)26-4-3-13-37(26)28(33)9-10-29-34-19-25(35-29)20-5-6-21(18-32)27(16-20)38-15-14-36-11-1-2-12-36/h5-10,16-17,19,26,33H,1-4,11-15H2,(H,34,35)/b10-9-,33-28?. The monoisotopic (exact) mass is 516 g/mol. The van der Waals surface area contributed by atoms with E-state index in [4.69, 9.17) is 10.1 Å². The minimum Gasteiger partial charge on any atom is -0.491 e. The Morgan fingerprint density at radius 3 is 2.82 bits per heavy atom. The number of imidazole rings is 1. The van der Waals surface area contributed by atoms with E-state index in [1.807, 2.05) is 12.1 Å². The maximum absolute atomic E-state index is 14.4. The molecule has 5 rings (SSSR count). The summed E-state index contributed by atoms with van der Waals surface area (Å²) < 4.78 is 34.1. The van der Waals surface area contributed by atoms with Crippen LogP contribution in [0.25, 0.3) is 17.3 Å². The predicted molar refractivity (Wildman–Crippen MR) is 142 cm³/mol. The molecule has 0 aliphatic carbocycles. The molecule has 0 amide bonds. The Balaban J connectivity index is 1.25. The lowest BCUT2D eigenvalue weighted by Gasteiger charge is -2.26. The van der Waals surface area contributed by atoms with Crippen molar-refractivity contribution in [1.82, 2.24) is 19.8 Å². The Morgan fingerprint density at radius 1 is 1.16 bits per heavy atom. The first-order valence-corrected chi connectivity index (χ1v) is 12.9. The van der Waals surface area contributed by atoms with Gasteiger partial charge in [-0.05, 0) is 81.3 Å². The van der Waals surface area contributed by atoms with Gasteiger partial charge in [0.2, 0.25) is 0 Å². The van der Waals surface area contributed by atoms with Gasteiger partial charge in [0.15, 0.2) is 0 Å². The smallest absolute Gasteiger partial charge is 0.137 e. The number of nitrogens with zero attached hydrogens (tertiary/aromatic N) is 4. The molecule has 2 fully saturated rings. The highest BCUT2D eigenvalue weighted by molar-refractivity contribution is 5.94. The maximum Gasteiger partial charge on any atom is 0.137 e. The molecule has 3 heterocycles. The third kappa shape index (κ3) is 5.76. The van der Waals surface area contributed by atoms with E-state index in [0.717, 1.165) is 49.4 Å².